The van der Waals surface area contributed by atoms with Gasteiger partial charge in [0.25, 0.3) is 0 Å². The molecule has 2 aromatic carbocycles. The molecule has 3 rings (SSSR count). The van der Waals surface area contributed by atoms with Crippen molar-refractivity contribution >= 4 is 5.91 Å². The van der Waals surface area contributed by atoms with Crippen LogP contribution in [0.1, 0.15) is 32.3 Å². The number of nitrogens with one attached hydrogen (secondary N) is 1. The maximum absolute atomic E-state index is 14.0. The Labute approximate surface area is 166 Å². The summed E-state index contributed by atoms with van der Waals surface area (Å²) in [5.41, 5.74) is 2.07. The maximum atomic E-state index is 14.0. The molecule has 1 fully saturated rings. The second kappa shape index (κ2) is 8.74. The predicted octanol–water partition coefficient (Wildman–Crippen LogP) is 4.37. The van der Waals surface area contributed by atoms with Gasteiger partial charge < -0.3 is 14.8 Å². The molecule has 0 bridgehead atoms. The molecule has 5 heteroatoms. The van der Waals surface area contributed by atoms with Crippen LogP contribution < -0.4 is 10.1 Å². The van der Waals surface area contributed by atoms with Gasteiger partial charge in [0, 0.05) is 24.8 Å². The van der Waals surface area contributed by atoms with Gasteiger partial charge in [-0.25, -0.2) is 4.39 Å². The van der Waals surface area contributed by atoms with Crippen molar-refractivity contribution in [2.24, 2.45) is 5.41 Å². The van der Waals surface area contributed by atoms with Crippen molar-refractivity contribution in [2.75, 3.05) is 20.3 Å². The molecule has 0 aromatic heterocycles. The van der Waals surface area contributed by atoms with Gasteiger partial charge in [-0.15, -0.1) is 0 Å². The van der Waals surface area contributed by atoms with E-state index >= 15 is 0 Å². The van der Waals surface area contributed by atoms with Gasteiger partial charge in [-0.2, -0.15) is 0 Å². The smallest absolute Gasteiger partial charge is 0.226 e. The third kappa shape index (κ3) is 4.36. The SMILES string of the molecule is COc1ccc(F)cc1-c1ccccc1CC1(C(=O)NC(C)C)CCOCC1. The van der Waals surface area contributed by atoms with Crippen LogP contribution in [0.15, 0.2) is 42.5 Å². The molecule has 1 aliphatic rings. The molecule has 1 aliphatic heterocycles. The van der Waals surface area contributed by atoms with E-state index in [1.807, 2.05) is 38.1 Å². The Morgan fingerprint density at radius 3 is 2.57 bits per heavy atom. The molecule has 1 amide bonds. The number of amides is 1. The molecule has 0 unspecified atom stereocenters. The van der Waals surface area contributed by atoms with Crippen LogP contribution in [0.25, 0.3) is 11.1 Å². The molecule has 1 saturated heterocycles. The Morgan fingerprint density at radius 1 is 1.18 bits per heavy atom. The maximum Gasteiger partial charge on any atom is 0.226 e. The van der Waals surface area contributed by atoms with Crippen molar-refractivity contribution in [3.8, 4) is 16.9 Å². The highest BCUT2D eigenvalue weighted by Gasteiger charge is 2.40. The quantitative estimate of drug-likeness (QED) is 0.803. The van der Waals surface area contributed by atoms with Gasteiger partial charge in [0.15, 0.2) is 0 Å². The molecule has 0 radical (unpaired) electrons. The van der Waals surface area contributed by atoms with Crippen LogP contribution in [-0.4, -0.2) is 32.3 Å². The Bertz CT molecular complexity index is 828. The van der Waals surface area contributed by atoms with E-state index in [0.717, 1.165) is 11.1 Å². The van der Waals surface area contributed by atoms with Crippen molar-refractivity contribution < 1.29 is 18.7 Å². The van der Waals surface area contributed by atoms with E-state index in [9.17, 15) is 9.18 Å². The zero-order chi connectivity index (χ0) is 20.1. The summed E-state index contributed by atoms with van der Waals surface area (Å²) in [4.78, 5) is 13.1. The van der Waals surface area contributed by atoms with E-state index < -0.39 is 5.41 Å². The molecule has 0 aliphatic carbocycles. The molecule has 1 heterocycles. The zero-order valence-electron chi connectivity index (χ0n) is 16.8. The van der Waals surface area contributed by atoms with Crippen molar-refractivity contribution in [1.29, 1.82) is 0 Å². The minimum Gasteiger partial charge on any atom is -0.496 e. The Hall–Kier alpha value is -2.40. The van der Waals surface area contributed by atoms with Crippen molar-refractivity contribution in [3.05, 3.63) is 53.8 Å². The number of carbonyl (C=O) groups excluding carboxylic acids is 1. The average Bonchev–Trinajstić information content (AvgIpc) is 2.68. The summed E-state index contributed by atoms with van der Waals surface area (Å²) in [6, 6.07) is 12.4. The number of benzene rings is 2. The first-order chi connectivity index (χ1) is 13.4. The Balaban J connectivity index is 2.02. The third-order valence-corrected chi connectivity index (χ3v) is 5.35. The normalized spacial score (nSPS) is 16.0. The molecular weight excluding hydrogens is 357 g/mol. The van der Waals surface area contributed by atoms with Gasteiger partial charge >= 0.3 is 0 Å². The van der Waals surface area contributed by atoms with E-state index in [-0.39, 0.29) is 17.8 Å². The number of halogens is 1. The van der Waals surface area contributed by atoms with Gasteiger partial charge in [0.1, 0.15) is 11.6 Å². The highest BCUT2D eigenvalue weighted by Crippen LogP contribution is 2.40. The minimum absolute atomic E-state index is 0.0619. The van der Waals surface area contributed by atoms with Crippen LogP contribution in [0, 0.1) is 11.2 Å². The van der Waals surface area contributed by atoms with Crippen molar-refractivity contribution in [2.45, 2.75) is 39.2 Å². The van der Waals surface area contributed by atoms with Crippen molar-refractivity contribution in [1.82, 2.24) is 5.32 Å². The van der Waals surface area contributed by atoms with E-state index in [4.69, 9.17) is 9.47 Å². The van der Waals surface area contributed by atoms with Gasteiger partial charge in [-0.3, -0.25) is 4.79 Å². The van der Waals surface area contributed by atoms with Crippen LogP contribution in [0.5, 0.6) is 5.75 Å². The number of ether oxygens (including phenoxy) is 2. The van der Waals surface area contributed by atoms with Gasteiger partial charge in [0.2, 0.25) is 5.91 Å². The topological polar surface area (TPSA) is 47.6 Å². The lowest BCUT2D eigenvalue weighted by atomic mass is 9.73. The fraction of sp³-hybridized carbons (Fsp3) is 0.435. The first kappa shape index (κ1) is 20.3. The number of methoxy groups -OCH3 is 1. The lowest BCUT2D eigenvalue weighted by molar-refractivity contribution is -0.137. The highest BCUT2D eigenvalue weighted by molar-refractivity contribution is 5.84. The molecule has 4 nitrogen and oxygen atoms in total. The van der Waals surface area contributed by atoms with E-state index in [2.05, 4.69) is 5.32 Å². The Morgan fingerprint density at radius 2 is 1.89 bits per heavy atom. The van der Waals surface area contributed by atoms with Crippen LogP contribution >= 0.6 is 0 Å². The average molecular weight is 385 g/mol. The van der Waals surface area contributed by atoms with Gasteiger partial charge in [-0.1, -0.05) is 24.3 Å². The highest BCUT2D eigenvalue weighted by atomic mass is 19.1. The summed E-state index contributed by atoms with van der Waals surface area (Å²) in [6.45, 7) is 5.07. The summed E-state index contributed by atoms with van der Waals surface area (Å²) < 4.78 is 25.0. The molecule has 1 N–H and O–H groups in total. The molecule has 0 spiro atoms. The van der Waals surface area contributed by atoms with E-state index in [1.165, 1.54) is 12.1 Å². The number of hydrogen-bond donors (Lipinski definition) is 1. The number of rotatable bonds is 6. The number of hydrogen-bond acceptors (Lipinski definition) is 3. The monoisotopic (exact) mass is 385 g/mol. The molecule has 0 atom stereocenters. The molecular formula is C23H28FNO3. The fourth-order valence-electron chi connectivity index (χ4n) is 3.85. The summed E-state index contributed by atoms with van der Waals surface area (Å²) in [5, 5.41) is 3.09. The molecule has 150 valence electrons. The molecule has 2 aromatic rings. The van der Waals surface area contributed by atoms with Crippen LogP contribution in [0.3, 0.4) is 0 Å². The van der Waals surface area contributed by atoms with Crippen molar-refractivity contribution in [3.63, 3.8) is 0 Å². The third-order valence-electron chi connectivity index (χ3n) is 5.35. The summed E-state index contributed by atoms with van der Waals surface area (Å²) in [7, 11) is 1.58. The second-order valence-corrected chi connectivity index (χ2v) is 7.70. The molecule has 28 heavy (non-hydrogen) atoms. The van der Waals surface area contributed by atoms with E-state index in [0.29, 0.717) is 43.8 Å². The minimum atomic E-state index is -0.529. The summed E-state index contributed by atoms with van der Waals surface area (Å²) in [6.07, 6.45) is 1.91. The largest absolute Gasteiger partial charge is 0.496 e. The Kier molecular flexibility index (Phi) is 6.35. The standard InChI is InChI=1S/C23H28FNO3/c1-16(2)25-22(26)23(10-12-28-13-11-23)15-17-6-4-5-7-19(17)20-14-18(24)8-9-21(20)27-3/h4-9,14,16H,10-13,15H2,1-3H3,(H,25,26). The van der Waals surface area contributed by atoms with Crippen LogP contribution in [0.2, 0.25) is 0 Å². The van der Waals surface area contributed by atoms with E-state index in [1.54, 1.807) is 13.2 Å². The summed E-state index contributed by atoms with van der Waals surface area (Å²) in [5.74, 6) is 0.359. The number of carbonyl (C=O) groups is 1. The summed E-state index contributed by atoms with van der Waals surface area (Å²) >= 11 is 0. The predicted molar refractivity (Wildman–Crippen MR) is 108 cm³/mol. The molecule has 0 saturated carbocycles. The van der Waals surface area contributed by atoms with Crippen LogP contribution in [0.4, 0.5) is 4.39 Å². The van der Waals surface area contributed by atoms with Gasteiger partial charge in [-0.05, 0) is 62.4 Å². The first-order valence-electron chi connectivity index (χ1n) is 9.76. The second-order valence-electron chi connectivity index (χ2n) is 7.70. The van der Waals surface area contributed by atoms with Gasteiger partial charge in [0.05, 0.1) is 12.5 Å². The lowest BCUT2D eigenvalue weighted by Gasteiger charge is -2.37. The van der Waals surface area contributed by atoms with Crippen LogP contribution in [-0.2, 0) is 16.0 Å². The lowest BCUT2D eigenvalue weighted by Crippen LogP contribution is -2.48. The first-order valence-corrected chi connectivity index (χ1v) is 9.76. The fourth-order valence-corrected chi connectivity index (χ4v) is 3.85. The zero-order valence-corrected chi connectivity index (χ0v) is 16.8.